The summed E-state index contributed by atoms with van der Waals surface area (Å²) in [5.41, 5.74) is 0.144. The van der Waals surface area contributed by atoms with Gasteiger partial charge in [-0.3, -0.25) is 23.7 Å². The standard InChI is InChI=1S/C23H27F2N5O4/c1-4-5-17(27-20(32)10-14-8-15(24)11-16(25)9-14)22(33)28-19-12-29(13-26-19)23(34)21-18(31)6-7-30(21,2)3/h8-9,11-13,17,21H,4-7,10H2,1-3H3,(H-,27,28,32,33)/p+1/t17?,21-/m0/s1. The summed E-state index contributed by atoms with van der Waals surface area (Å²) in [4.78, 5) is 54.2. The van der Waals surface area contributed by atoms with Gasteiger partial charge in [0.15, 0.2) is 5.82 Å². The van der Waals surface area contributed by atoms with Crippen LogP contribution in [0.5, 0.6) is 0 Å². The molecule has 2 atom stereocenters. The lowest BCUT2D eigenvalue weighted by molar-refractivity contribution is -0.888. The van der Waals surface area contributed by atoms with E-state index in [9.17, 15) is 28.0 Å². The Labute approximate surface area is 195 Å². The highest BCUT2D eigenvalue weighted by Crippen LogP contribution is 2.21. The van der Waals surface area contributed by atoms with Gasteiger partial charge in [-0.1, -0.05) is 13.3 Å². The number of likely N-dealkylation sites (tertiary alicyclic amines) is 1. The fraction of sp³-hybridized carbons (Fsp3) is 0.435. The van der Waals surface area contributed by atoms with Gasteiger partial charge in [0.05, 0.1) is 39.7 Å². The van der Waals surface area contributed by atoms with Gasteiger partial charge in [-0.25, -0.2) is 13.8 Å². The van der Waals surface area contributed by atoms with Crippen LogP contribution in [0.25, 0.3) is 0 Å². The van der Waals surface area contributed by atoms with Crippen molar-refractivity contribution in [3.8, 4) is 0 Å². The Kier molecular flexibility index (Phi) is 7.55. The molecule has 0 radical (unpaired) electrons. The van der Waals surface area contributed by atoms with E-state index < -0.39 is 41.4 Å². The average Bonchev–Trinajstić information content (AvgIpc) is 3.30. The van der Waals surface area contributed by atoms with Crippen molar-refractivity contribution in [1.82, 2.24) is 14.9 Å². The van der Waals surface area contributed by atoms with Crippen molar-refractivity contribution in [2.75, 3.05) is 26.0 Å². The molecule has 1 saturated heterocycles. The molecule has 1 aliphatic heterocycles. The van der Waals surface area contributed by atoms with Crippen molar-refractivity contribution in [3.63, 3.8) is 0 Å². The number of carbonyl (C=O) groups excluding carboxylic acids is 4. The Bertz CT molecular complexity index is 1090. The van der Waals surface area contributed by atoms with Gasteiger partial charge in [0.1, 0.15) is 24.0 Å². The van der Waals surface area contributed by atoms with Crippen molar-refractivity contribution < 1.29 is 32.4 Å². The molecule has 2 N–H and O–H groups in total. The van der Waals surface area contributed by atoms with Crippen molar-refractivity contribution in [2.45, 2.75) is 44.7 Å². The van der Waals surface area contributed by atoms with Crippen LogP contribution in [0.3, 0.4) is 0 Å². The molecule has 11 heteroatoms. The van der Waals surface area contributed by atoms with Gasteiger partial charge in [-0.15, -0.1) is 0 Å². The fourth-order valence-electron chi connectivity index (χ4n) is 4.05. The van der Waals surface area contributed by atoms with E-state index >= 15 is 0 Å². The number of imidazole rings is 1. The SMILES string of the molecule is CCCC(NC(=O)Cc1cc(F)cc(F)c1)C(=O)Nc1cn(C(=O)[C@@H]2C(=O)CC[N+]2(C)C)cn1. The van der Waals surface area contributed by atoms with E-state index in [1.807, 2.05) is 21.0 Å². The zero-order valence-electron chi connectivity index (χ0n) is 19.3. The van der Waals surface area contributed by atoms with E-state index in [1.165, 1.54) is 17.1 Å². The van der Waals surface area contributed by atoms with Crippen LogP contribution >= 0.6 is 0 Å². The third-order valence-corrected chi connectivity index (χ3v) is 5.78. The van der Waals surface area contributed by atoms with Crippen LogP contribution in [-0.4, -0.2) is 70.3 Å². The molecular weight excluding hydrogens is 448 g/mol. The number of aromatic nitrogens is 2. The van der Waals surface area contributed by atoms with E-state index in [0.717, 1.165) is 12.1 Å². The summed E-state index contributed by atoms with van der Waals surface area (Å²) in [6.07, 6.45) is 3.48. The Morgan fingerprint density at radius 3 is 2.47 bits per heavy atom. The third-order valence-electron chi connectivity index (χ3n) is 5.78. The van der Waals surface area contributed by atoms with Gasteiger partial charge >= 0.3 is 0 Å². The smallest absolute Gasteiger partial charge is 0.298 e. The second kappa shape index (κ2) is 10.2. The molecule has 9 nitrogen and oxygen atoms in total. The first-order valence-corrected chi connectivity index (χ1v) is 11.0. The Balaban J connectivity index is 1.64. The second-order valence-electron chi connectivity index (χ2n) is 8.98. The molecule has 3 rings (SSSR count). The summed E-state index contributed by atoms with van der Waals surface area (Å²) in [5.74, 6) is -3.18. The summed E-state index contributed by atoms with van der Waals surface area (Å²) in [6.45, 7) is 2.40. The molecule has 182 valence electrons. The number of rotatable bonds is 8. The van der Waals surface area contributed by atoms with E-state index in [4.69, 9.17) is 0 Å². The highest BCUT2D eigenvalue weighted by atomic mass is 19.1. The molecule has 1 fully saturated rings. The van der Waals surface area contributed by atoms with Crippen molar-refractivity contribution in [2.24, 2.45) is 0 Å². The number of amides is 2. The zero-order valence-corrected chi connectivity index (χ0v) is 19.3. The highest BCUT2D eigenvalue weighted by molar-refractivity contribution is 6.06. The predicted octanol–water partition coefficient (Wildman–Crippen LogP) is 1.69. The van der Waals surface area contributed by atoms with Crippen LogP contribution in [0.1, 0.15) is 36.5 Å². The molecule has 1 aliphatic rings. The van der Waals surface area contributed by atoms with Crippen LogP contribution < -0.4 is 10.6 Å². The number of quaternary nitrogens is 1. The van der Waals surface area contributed by atoms with Crippen LogP contribution in [-0.2, 0) is 20.8 Å². The molecular formula is C23H28F2N5O4+. The topological polar surface area (TPSA) is 110 Å². The Morgan fingerprint density at radius 1 is 1.21 bits per heavy atom. The number of Topliss-reactive ketones (excluding diaryl/α,β-unsaturated/α-hetero) is 1. The number of hydrogen-bond acceptors (Lipinski definition) is 5. The maximum atomic E-state index is 13.4. The molecule has 2 amide bonds. The molecule has 2 heterocycles. The van der Waals surface area contributed by atoms with Crippen LogP contribution in [0.4, 0.5) is 14.6 Å². The van der Waals surface area contributed by atoms with Gasteiger partial charge < -0.3 is 15.1 Å². The van der Waals surface area contributed by atoms with Gasteiger partial charge in [-0.05, 0) is 24.1 Å². The molecule has 2 aromatic rings. The minimum Gasteiger partial charge on any atom is -0.344 e. The molecule has 0 bridgehead atoms. The minimum absolute atomic E-state index is 0.0941. The number of anilines is 1. The average molecular weight is 477 g/mol. The monoisotopic (exact) mass is 476 g/mol. The number of ketones is 1. The van der Waals surface area contributed by atoms with Crippen LogP contribution in [0.2, 0.25) is 0 Å². The Morgan fingerprint density at radius 2 is 1.88 bits per heavy atom. The molecule has 0 saturated carbocycles. The van der Waals surface area contributed by atoms with Gasteiger partial charge in [0, 0.05) is 6.07 Å². The maximum absolute atomic E-state index is 13.4. The van der Waals surface area contributed by atoms with Gasteiger partial charge in [-0.2, -0.15) is 0 Å². The number of carbonyl (C=O) groups is 4. The Hall–Kier alpha value is -3.47. The lowest BCUT2D eigenvalue weighted by Crippen LogP contribution is -2.52. The van der Waals surface area contributed by atoms with E-state index in [2.05, 4.69) is 15.6 Å². The highest BCUT2D eigenvalue weighted by Gasteiger charge is 2.47. The van der Waals surface area contributed by atoms with Crippen molar-refractivity contribution >= 4 is 29.3 Å². The summed E-state index contributed by atoms with van der Waals surface area (Å²) in [6, 6.07) is 1.06. The normalized spacial score (nSPS) is 17.9. The summed E-state index contributed by atoms with van der Waals surface area (Å²) in [5, 5.41) is 5.14. The van der Waals surface area contributed by atoms with Gasteiger partial charge in [0.2, 0.25) is 23.6 Å². The summed E-state index contributed by atoms with van der Waals surface area (Å²) >= 11 is 0. The first-order chi connectivity index (χ1) is 16.0. The predicted molar refractivity (Wildman–Crippen MR) is 119 cm³/mol. The fourth-order valence-corrected chi connectivity index (χ4v) is 4.05. The number of nitrogens with one attached hydrogen (secondary N) is 2. The molecule has 1 aromatic heterocycles. The first-order valence-electron chi connectivity index (χ1n) is 11.0. The number of nitrogens with zero attached hydrogens (tertiary/aromatic N) is 3. The zero-order chi connectivity index (χ0) is 25.0. The number of halogens is 2. The maximum Gasteiger partial charge on any atom is 0.298 e. The minimum atomic E-state index is -0.913. The van der Waals surface area contributed by atoms with Gasteiger partial charge in [0.25, 0.3) is 5.91 Å². The first kappa shape index (κ1) is 25.2. The van der Waals surface area contributed by atoms with Crippen LogP contribution in [0.15, 0.2) is 30.7 Å². The summed E-state index contributed by atoms with van der Waals surface area (Å²) in [7, 11) is 3.62. The number of benzene rings is 1. The third kappa shape index (κ3) is 5.90. The molecule has 1 aromatic carbocycles. The van der Waals surface area contributed by atoms with Crippen molar-refractivity contribution in [3.05, 3.63) is 47.9 Å². The van der Waals surface area contributed by atoms with Crippen molar-refractivity contribution in [1.29, 1.82) is 0 Å². The molecule has 34 heavy (non-hydrogen) atoms. The molecule has 1 unspecified atom stereocenters. The summed E-state index contributed by atoms with van der Waals surface area (Å²) < 4.78 is 28.2. The number of hydrogen-bond donors (Lipinski definition) is 2. The van der Waals surface area contributed by atoms with E-state index in [0.29, 0.717) is 31.9 Å². The van der Waals surface area contributed by atoms with E-state index in [-0.39, 0.29) is 28.1 Å². The molecule has 0 spiro atoms. The van der Waals surface area contributed by atoms with Crippen LogP contribution in [0, 0.1) is 11.6 Å². The van der Waals surface area contributed by atoms with E-state index in [1.54, 1.807) is 0 Å². The second-order valence-corrected chi connectivity index (χ2v) is 8.98. The molecule has 0 aliphatic carbocycles. The lowest BCUT2D eigenvalue weighted by Gasteiger charge is -2.28. The number of likely N-dealkylation sites (N-methyl/N-ethyl adjacent to an activating group) is 1. The lowest BCUT2D eigenvalue weighted by atomic mass is 10.1. The quantitative estimate of drug-likeness (QED) is 0.445. The largest absolute Gasteiger partial charge is 0.344 e.